The molecule has 1 aromatic carbocycles. The van der Waals surface area contributed by atoms with E-state index in [1.54, 1.807) is 6.92 Å². The number of anilines is 1. The molecule has 1 aromatic rings. The smallest absolute Gasteiger partial charge is 0.416 e. The fraction of sp³-hybridized carbons (Fsp3) is 0.250. The number of carbonyl (C=O) groups excluding carboxylic acids is 1. The van der Waals surface area contributed by atoms with Crippen LogP contribution in [0.3, 0.4) is 0 Å². The van der Waals surface area contributed by atoms with Crippen LogP contribution in [0, 0.1) is 0 Å². The summed E-state index contributed by atoms with van der Waals surface area (Å²) < 4.78 is 43.3. The SMILES string of the molecule is CC1=C(Br)C(=O)N(c2cccc(C(F)(F)F)c2)CO1. The lowest BCUT2D eigenvalue weighted by molar-refractivity contribution is -0.137. The van der Waals surface area contributed by atoms with Gasteiger partial charge in [0.1, 0.15) is 10.2 Å². The summed E-state index contributed by atoms with van der Waals surface area (Å²) in [6, 6.07) is 4.55. The van der Waals surface area contributed by atoms with E-state index in [4.69, 9.17) is 4.74 Å². The Morgan fingerprint density at radius 2 is 2.05 bits per heavy atom. The molecular weight excluding hydrogens is 327 g/mol. The van der Waals surface area contributed by atoms with E-state index in [1.165, 1.54) is 12.1 Å². The summed E-state index contributed by atoms with van der Waals surface area (Å²) in [5.41, 5.74) is -0.663. The predicted molar refractivity (Wildman–Crippen MR) is 66.5 cm³/mol. The van der Waals surface area contributed by atoms with Crippen LogP contribution in [-0.2, 0) is 15.7 Å². The van der Waals surface area contributed by atoms with Crippen LogP contribution in [0.5, 0.6) is 0 Å². The second kappa shape index (κ2) is 4.88. The van der Waals surface area contributed by atoms with Gasteiger partial charge >= 0.3 is 6.18 Å². The number of alkyl halides is 3. The van der Waals surface area contributed by atoms with Gasteiger partial charge in [-0.15, -0.1) is 0 Å². The van der Waals surface area contributed by atoms with Gasteiger partial charge in [0.25, 0.3) is 5.91 Å². The molecule has 2 rings (SSSR count). The number of hydrogen-bond donors (Lipinski definition) is 0. The minimum absolute atomic E-state index is 0.110. The van der Waals surface area contributed by atoms with E-state index in [0.717, 1.165) is 17.0 Å². The Morgan fingerprint density at radius 1 is 1.37 bits per heavy atom. The number of carbonyl (C=O) groups is 1. The van der Waals surface area contributed by atoms with Gasteiger partial charge in [-0.25, -0.2) is 0 Å². The molecule has 0 radical (unpaired) electrons. The number of rotatable bonds is 1. The summed E-state index contributed by atoms with van der Waals surface area (Å²) in [7, 11) is 0. The average molecular weight is 336 g/mol. The molecular formula is C12H9BrF3NO2. The zero-order chi connectivity index (χ0) is 14.2. The Labute approximate surface area is 115 Å². The van der Waals surface area contributed by atoms with Crippen molar-refractivity contribution in [1.82, 2.24) is 0 Å². The Morgan fingerprint density at radius 3 is 2.68 bits per heavy atom. The van der Waals surface area contributed by atoms with Crippen molar-refractivity contribution < 1.29 is 22.7 Å². The third kappa shape index (κ3) is 2.75. The third-order valence-corrected chi connectivity index (χ3v) is 3.53. The van der Waals surface area contributed by atoms with Gasteiger partial charge in [0.05, 0.1) is 5.56 Å². The first-order valence-electron chi connectivity index (χ1n) is 5.29. The van der Waals surface area contributed by atoms with E-state index in [9.17, 15) is 18.0 Å². The highest BCUT2D eigenvalue weighted by atomic mass is 79.9. The maximum absolute atomic E-state index is 12.6. The molecule has 3 nitrogen and oxygen atoms in total. The van der Waals surface area contributed by atoms with Gasteiger partial charge in [0.15, 0.2) is 6.73 Å². The van der Waals surface area contributed by atoms with Crippen molar-refractivity contribution >= 4 is 27.5 Å². The largest absolute Gasteiger partial charge is 0.476 e. The van der Waals surface area contributed by atoms with Gasteiger partial charge < -0.3 is 4.74 Å². The topological polar surface area (TPSA) is 29.5 Å². The fourth-order valence-electron chi connectivity index (χ4n) is 1.59. The monoisotopic (exact) mass is 335 g/mol. The number of hydrogen-bond acceptors (Lipinski definition) is 2. The van der Waals surface area contributed by atoms with Crippen LogP contribution in [0.2, 0.25) is 0 Å². The number of halogens is 4. The Bertz CT molecular complexity index is 554. The van der Waals surface area contributed by atoms with E-state index in [-0.39, 0.29) is 16.9 Å². The molecule has 0 saturated carbocycles. The molecule has 0 N–H and O–H groups in total. The van der Waals surface area contributed by atoms with E-state index in [0.29, 0.717) is 5.76 Å². The van der Waals surface area contributed by atoms with Crippen LogP contribution in [0.1, 0.15) is 12.5 Å². The van der Waals surface area contributed by atoms with Gasteiger partial charge in [-0.3, -0.25) is 9.69 Å². The Hall–Kier alpha value is -1.50. The first-order valence-corrected chi connectivity index (χ1v) is 6.08. The van der Waals surface area contributed by atoms with Crippen molar-refractivity contribution in [3.8, 4) is 0 Å². The van der Waals surface area contributed by atoms with Crippen molar-refractivity contribution in [1.29, 1.82) is 0 Å². The number of nitrogens with zero attached hydrogens (tertiary/aromatic N) is 1. The van der Waals surface area contributed by atoms with E-state index in [2.05, 4.69) is 15.9 Å². The van der Waals surface area contributed by atoms with Gasteiger partial charge in [0.2, 0.25) is 0 Å². The van der Waals surface area contributed by atoms with Gasteiger partial charge in [0, 0.05) is 5.69 Å². The Kier molecular flexibility index (Phi) is 3.58. The van der Waals surface area contributed by atoms with Gasteiger partial charge in [-0.1, -0.05) is 6.07 Å². The standard InChI is InChI=1S/C12H9BrF3NO2/c1-7-10(13)11(18)17(6-19-7)9-4-2-3-8(5-9)12(14,15)16/h2-5H,6H2,1H3. The maximum atomic E-state index is 12.6. The zero-order valence-electron chi connectivity index (χ0n) is 9.79. The van der Waals surface area contributed by atoms with Crippen molar-refractivity contribution in [3.05, 3.63) is 40.1 Å². The number of allylic oxidation sites excluding steroid dienone is 1. The summed E-state index contributed by atoms with van der Waals surface area (Å²) >= 11 is 3.06. The summed E-state index contributed by atoms with van der Waals surface area (Å²) in [4.78, 5) is 13.1. The first kappa shape index (κ1) is 13.9. The molecule has 0 unspecified atom stereocenters. The molecule has 0 aliphatic carbocycles. The molecule has 1 aliphatic rings. The van der Waals surface area contributed by atoms with Crippen molar-refractivity contribution in [2.24, 2.45) is 0 Å². The molecule has 102 valence electrons. The van der Waals surface area contributed by atoms with Crippen LogP contribution >= 0.6 is 15.9 Å². The lowest BCUT2D eigenvalue weighted by Gasteiger charge is -2.28. The zero-order valence-corrected chi connectivity index (χ0v) is 11.4. The van der Waals surface area contributed by atoms with Crippen LogP contribution in [0.25, 0.3) is 0 Å². The fourth-order valence-corrected chi connectivity index (χ4v) is 1.92. The minimum atomic E-state index is -4.45. The summed E-state index contributed by atoms with van der Waals surface area (Å²) in [5, 5.41) is 0. The maximum Gasteiger partial charge on any atom is 0.416 e. The molecule has 1 aliphatic heterocycles. The molecule has 19 heavy (non-hydrogen) atoms. The number of ether oxygens (including phenoxy) is 1. The van der Waals surface area contributed by atoms with Gasteiger partial charge in [-0.2, -0.15) is 13.2 Å². The highest BCUT2D eigenvalue weighted by molar-refractivity contribution is 9.12. The second-order valence-corrected chi connectivity index (χ2v) is 4.72. The molecule has 0 bridgehead atoms. The normalized spacial score (nSPS) is 16.7. The molecule has 0 aromatic heterocycles. The molecule has 1 amide bonds. The second-order valence-electron chi connectivity index (χ2n) is 3.92. The van der Waals surface area contributed by atoms with Crippen LogP contribution < -0.4 is 4.90 Å². The van der Waals surface area contributed by atoms with Crippen molar-refractivity contribution in [2.45, 2.75) is 13.1 Å². The van der Waals surface area contributed by atoms with Crippen molar-refractivity contribution in [2.75, 3.05) is 11.6 Å². The molecule has 0 atom stereocenters. The Balaban J connectivity index is 2.36. The molecule has 0 fully saturated rings. The predicted octanol–water partition coefficient (Wildman–Crippen LogP) is 3.65. The summed E-state index contributed by atoms with van der Waals surface area (Å²) in [6.07, 6.45) is -4.45. The summed E-state index contributed by atoms with van der Waals surface area (Å²) in [5.74, 6) is -0.0173. The van der Waals surface area contributed by atoms with Crippen LogP contribution in [0.4, 0.5) is 18.9 Å². The lowest BCUT2D eigenvalue weighted by atomic mass is 10.2. The third-order valence-electron chi connectivity index (χ3n) is 2.64. The summed E-state index contributed by atoms with van der Waals surface area (Å²) in [6.45, 7) is 1.49. The van der Waals surface area contributed by atoms with Crippen molar-refractivity contribution in [3.63, 3.8) is 0 Å². The van der Waals surface area contributed by atoms with Crippen LogP contribution in [0.15, 0.2) is 34.5 Å². The molecule has 1 heterocycles. The van der Waals surface area contributed by atoms with E-state index < -0.39 is 17.6 Å². The quantitative estimate of drug-likeness (QED) is 0.783. The number of amides is 1. The highest BCUT2D eigenvalue weighted by Crippen LogP contribution is 2.33. The molecule has 7 heteroatoms. The average Bonchev–Trinajstić information content (AvgIpc) is 2.35. The number of benzene rings is 1. The lowest BCUT2D eigenvalue weighted by Crippen LogP contribution is -2.37. The van der Waals surface area contributed by atoms with E-state index >= 15 is 0 Å². The van der Waals surface area contributed by atoms with Gasteiger partial charge in [-0.05, 0) is 41.1 Å². The first-order chi connectivity index (χ1) is 8.80. The van der Waals surface area contributed by atoms with Crippen LogP contribution in [-0.4, -0.2) is 12.6 Å². The molecule has 0 spiro atoms. The minimum Gasteiger partial charge on any atom is -0.476 e. The molecule has 0 saturated heterocycles. The highest BCUT2D eigenvalue weighted by Gasteiger charge is 2.32. The van der Waals surface area contributed by atoms with E-state index in [1.807, 2.05) is 0 Å².